The average Bonchev–Trinajstić information content (AvgIpc) is 3.11. The van der Waals surface area contributed by atoms with Crippen molar-refractivity contribution in [2.75, 3.05) is 11.9 Å². The van der Waals surface area contributed by atoms with Gasteiger partial charge in [-0.2, -0.15) is 0 Å². The fraction of sp³-hybridized carbons (Fsp3) is 0.190. The average molecular weight is 395 g/mol. The van der Waals surface area contributed by atoms with Crippen molar-refractivity contribution in [3.8, 4) is 0 Å². The number of halogens is 1. The molecule has 0 atom stereocenters. The van der Waals surface area contributed by atoms with E-state index in [1.54, 1.807) is 17.0 Å². The lowest BCUT2D eigenvalue weighted by Crippen LogP contribution is -2.35. The summed E-state index contributed by atoms with van der Waals surface area (Å²) < 4.78 is 13.0. The molecule has 1 aliphatic heterocycles. The highest BCUT2D eigenvalue weighted by molar-refractivity contribution is 7.15. The number of hydrogen-bond donors (Lipinski definition) is 1. The van der Waals surface area contributed by atoms with Crippen LogP contribution in [-0.4, -0.2) is 28.2 Å². The maximum Gasteiger partial charge on any atom is 0.254 e. The van der Waals surface area contributed by atoms with Crippen molar-refractivity contribution in [2.45, 2.75) is 19.4 Å². The van der Waals surface area contributed by atoms with Gasteiger partial charge in [0.2, 0.25) is 5.91 Å². The van der Waals surface area contributed by atoms with Gasteiger partial charge < -0.3 is 10.2 Å². The van der Waals surface area contributed by atoms with Gasteiger partial charge in [-0.25, -0.2) is 9.37 Å². The Balaban J connectivity index is 1.40. The minimum absolute atomic E-state index is 0.00143. The summed E-state index contributed by atoms with van der Waals surface area (Å²) >= 11 is 1.40. The zero-order valence-corrected chi connectivity index (χ0v) is 15.8. The van der Waals surface area contributed by atoms with Gasteiger partial charge >= 0.3 is 0 Å². The molecule has 2 heterocycles. The topological polar surface area (TPSA) is 62.3 Å². The van der Waals surface area contributed by atoms with Gasteiger partial charge in [-0.3, -0.25) is 9.59 Å². The number of fused-ring (bicyclic) bond motifs is 1. The smallest absolute Gasteiger partial charge is 0.254 e. The normalized spacial score (nSPS) is 13.1. The third-order valence-corrected chi connectivity index (χ3v) is 5.56. The van der Waals surface area contributed by atoms with Crippen molar-refractivity contribution in [1.29, 1.82) is 0 Å². The standard InChI is InChI=1S/C21H18FN3O2S/c22-16-8-6-14(7-9-16)12-19(26)24-21-23-17-10-11-25(13-18(17)28-21)20(27)15-4-2-1-3-5-15/h1-9H,10-13H2,(H,23,24,26). The van der Waals surface area contributed by atoms with Gasteiger partial charge in [-0.05, 0) is 29.8 Å². The second-order valence-electron chi connectivity index (χ2n) is 6.58. The molecule has 1 aromatic heterocycles. The van der Waals surface area contributed by atoms with Crippen molar-refractivity contribution < 1.29 is 14.0 Å². The summed E-state index contributed by atoms with van der Waals surface area (Å²) in [4.78, 5) is 32.2. The summed E-state index contributed by atoms with van der Waals surface area (Å²) in [5.41, 5.74) is 2.34. The van der Waals surface area contributed by atoms with Crippen LogP contribution in [-0.2, 0) is 24.2 Å². The highest BCUT2D eigenvalue weighted by Crippen LogP contribution is 2.29. The van der Waals surface area contributed by atoms with Crippen LogP contribution in [0, 0.1) is 5.82 Å². The van der Waals surface area contributed by atoms with E-state index in [2.05, 4.69) is 10.3 Å². The number of hydrogen-bond acceptors (Lipinski definition) is 4. The zero-order chi connectivity index (χ0) is 19.5. The number of benzene rings is 2. The van der Waals surface area contributed by atoms with E-state index >= 15 is 0 Å². The van der Waals surface area contributed by atoms with Gasteiger partial charge in [0.15, 0.2) is 5.13 Å². The Morgan fingerprint density at radius 1 is 1.11 bits per heavy atom. The van der Waals surface area contributed by atoms with E-state index in [-0.39, 0.29) is 24.1 Å². The minimum Gasteiger partial charge on any atom is -0.333 e. The maximum absolute atomic E-state index is 13.0. The van der Waals surface area contributed by atoms with Crippen LogP contribution in [0.3, 0.4) is 0 Å². The van der Waals surface area contributed by atoms with E-state index in [0.717, 1.165) is 16.1 Å². The van der Waals surface area contributed by atoms with E-state index in [9.17, 15) is 14.0 Å². The Morgan fingerprint density at radius 2 is 1.86 bits per heavy atom. The molecule has 3 aromatic rings. The number of carbonyl (C=O) groups excluding carboxylic acids is 2. The largest absolute Gasteiger partial charge is 0.333 e. The van der Waals surface area contributed by atoms with E-state index in [4.69, 9.17) is 0 Å². The summed E-state index contributed by atoms with van der Waals surface area (Å²) in [6.45, 7) is 1.10. The maximum atomic E-state index is 13.0. The lowest BCUT2D eigenvalue weighted by atomic mass is 10.1. The second-order valence-corrected chi connectivity index (χ2v) is 7.67. The Labute approximate surface area is 165 Å². The van der Waals surface area contributed by atoms with Crippen LogP contribution < -0.4 is 5.32 Å². The van der Waals surface area contributed by atoms with Crippen LogP contribution >= 0.6 is 11.3 Å². The van der Waals surface area contributed by atoms with Crippen molar-refractivity contribution in [2.24, 2.45) is 0 Å². The Kier molecular flexibility index (Phi) is 5.16. The van der Waals surface area contributed by atoms with Gasteiger partial charge in [0, 0.05) is 23.4 Å². The molecule has 5 nitrogen and oxygen atoms in total. The number of nitrogens with zero attached hydrogens (tertiary/aromatic N) is 2. The van der Waals surface area contributed by atoms with Crippen molar-refractivity contribution in [3.05, 3.63) is 82.1 Å². The number of anilines is 1. The van der Waals surface area contributed by atoms with E-state index in [1.165, 1.54) is 23.5 Å². The molecule has 0 radical (unpaired) electrons. The molecule has 0 fully saturated rings. The van der Waals surface area contributed by atoms with Crippen LogP contribution in [0.15, 0.2) is 54.6 Å². The van der Waals surface area contributed by atoms with E-state index in [0.29, 0.717) is 30.2 Å². The van der Waals surface area contributed by atoms with Crippen LogP contribution in [0.1, 0.15) is 26.5 Å². The Hall–Kier alpha value is -3.06. The quantitative estimate of drug-likeness (QED) is 0.733. The first kappa shape index (κ1) is 18.3. The molecular weight excluding hydrogens is 377 g/mol. The zero-order valence-electron chi connectivity index (χ0n) is 15.0. The van der Waals surface area contributed by atoms with Gasteiger partial charge in [0.25, 0.3) is 5.91 Å². The highest BCUT2D eigenvalue weighted by atomic mass is 32.1. The number of thiazole rings is 1. The number of nitrogens with one attached hydrogen (secondary N) is 1. The summed E-state index contributed by atoms with van der Waals surface area (Å²) in [7, 11) is 0. The highest BCUT2D eigenvalue weighted by Gasteiger charge is 2.25. The molecule has 0 saturated heterocycles. The molecule has 28 heavy (non-hydrogen) atoms. The number of carbonyl (C=O) groups is 2. The van der Waals surface area contributed by atoms with Crippen LogP contribution in [0.4, 0.5) is 9.52 Å². The van der Waals surface area contributed by atoms with Gasteiger partial charge in [-0.1, -0.05) is 41.7 Å². The molecule has 7 heteroatoms. The minimum atomic E-state index is -0.327. The number of aromatic nitrogens is 1. The van der Waals surface area contributed by atoms with Crippen molar-refractivity contribution >= 4 is 28.3 Å². The monoisotopic (exact) mass is 395 g/mol. The van der Waals surface area contributed by atoms with Gasteiger partial charge in [0.1, 0.15) is 5.82 Å². The molecule has 0 saturated carbocycles. The molecular formula is C21H18FN3O2S. The van der Waals surface area contributed by atoms with Gasteiger partial charge in [0.05, 0.1) is 18.7 Å². The van der Waals surface area contributed by atoms with Crippen LogP contribution in [0.2, 0.25) is 0 Å². The predicted molar refractivity (Wildman–Crippen MR) is 106 cm³/mol. The first-order valence-corrected chi connectivity index (χ1v) is 9.77. The van der Waals surface area contributed by atoms with Gasteiger partial charge in [-0.15, -0.1) is 0 Å². The molecule has 0 aliphatic carbocycles. The lowest BCUT2D eigenvalue weighted by Gasteiger charge is -2.26. The molecule has 0 spiro atoms. The third-order valence-electron chi connectivity index (χ3n) is 4.56. The first-order valence-electron chi connectivity index (χ1n) is 8.96. The molecule has 142 valence electrons. The summed E-state index contributed by atoms with van der Waals surface area (Å²) in [6.07, 6.45) is 0.821. The SMILES string of the molecule is O=C(Cc1ccc(F)cc1)Nc1nc2c(s1)CN(C(=O)c1ccccc1)CC2. The summed E-state index contributed by atoms with van der Waals surface area (Å²) in [5.74, 6) is -0.525. The van der Waals surface area contributed by atoms with Crippen molar-refractivity contribution in [3.63, 3.8) is 0 Å². The van der Waals surface area contributed by atoms with Crippen LogP contribution in [0.25, 0.3) is 0 Å². The fourth-order valence-electron chi connectivity index (χ4n) is 3.14. The molecule has 0 bridgehead atoms. The fourth-order valence-corrected chi connectivity index (χ4v) is 4.18. The molecule has 2 amide bonds. The molecule has 1 aliphatic rings. The molecule has 1 N–H and O–H groups in total. The molecule has 2 aromatic carbocycles. The van der Waals surface area contributed by atoms with Crippen LogP contribution in [0.5, 0.6) is 0 Å². The molecule has 0 unspecified atom stereocenters. The number of rotatable bonds is 4. The molecule has 4 rings (SSSR count). The van der Waals surface area contributed by atoms with E-state index < -0.39 is 0 Å². The van der Waals surface area contributed by atoms with E-state index in [1.807, 2.05) is 30.3 Å². The number of amides is 2. The van der Waals surface area contributed by atoms with Crippen molar-refractivity contribution in [1.82, 2.24) is 9.88 Å². The summed E-state index contributed by atoms with van der Waals surface area (Å²) in [6, 6.07) is 15.1. The lowest BCUT2D eigenvalue weighted by molar-refractivity contribution is -0.115. The summed E-state index contributed by atoms with van der Waals surface area (Å²) in [5, 5.41) is 3.34. The predicted octanol–water partition coefficient (Wildman–Crippen LogP) is 3.66. The Morgan fingerprint density at radius 3 is 2.61 bits per heavy atom. The third kappa shape index (κ3) is 4.09. The first-order chi connectivity index (χ1) is 13.6. The Bertz CT molecular complexity index is 1000. The second kappa shape index (κ2) is 7.90.